The van der Waals surface area contributed by atoms with E-state index < -0.39 is 24.3 Å². The van der Waals surface area contributed by atoms with Crippen molar-refractivity contribution in [1.82, 2.24) is 50.3 Å². The number of ether oxygens (including phenoxy) is 2. The number of carbonyl (C=O) groups is 4. The molecular weight excluding hydrogens is 957 g/mol. The molecule has 16 heteroatoms. The van der Waals surface area contributed by atoms with E-state index in [1.165, 1.54) is 47.6 Å². The Kier molecular flexibility index (Phi) is 13.3. The van der Waals surface area contributed by atoms with Crippen LogP contribution in [0.2, 0.25) is 0 Å². The number of fused-ring (bicyclic) bond motifs is 2. The SMILES string of the molecule is COC(=O)NC(C(=O)N1CCC[C@H]1c1ncc(-c2ccc(-c3c4c(c(-c5ccc(-c6cnc([C@@H]7CCCN7C(=O)C(NC(=O)OC)c7ccccc7)[nH]6)nc5)c5c3C(C)(C)CC5)C(C)(C)CC4)cn2)[nH]1)c1ccccc1. The Morgan fingerprint density at radius 2 is 0.974 bits per heavy atom. The molecule has 2 aliphatic heterocycles. The fourth-order valence-electron chi connectivity index (χ4n) is 12.5. The number of carbonyl (C=O) groups excluding carboxylic acids is 4. The minimum atomic E-state index is -0.902. The smallest absolute Gasteiger partial charge is 0.407 e. The van der Waals surface area contributed by atoms with Crippen molar-refractivity contribution in [2.45, 2.75) is 114 Å². The zero-order valence-corrected chi connectivity index (χ0v) is 43.9. The first-order valence-electron chi connectivity index (χ1n) is 26.4. The van der Waals surface area contributed by atoms with E-state index in [0.717, 1.165) is 85.3 Å². The van der Waals surface area contributed by atoms with E-state index in [0.29, 0.717) is 35.9 Å². The van der Waals surface area contributed by atoms with Gasteiger partial charge in [-0.05, 0) is 119 Å². The number of amides is 4. The first kappa shape index (κ1) is 50.0. The second-order valence-electron chi connectivity index (χ2n) is 21.8. The number of aromatic nitrogens is 6. The van der Waals surface area contributed by atoms with Crippen molar-refractivity contribution in [1.29, 1.82) is 0 Å². The van der Waals surface area contributed by atoms with Gasteiger partial charge in [0.15, 0.2) is 0 Å². The van der Waals surface area contributed by atoms with Gasteiger partial charge in [-0.25, -0.2) is 19.6 Å². The van der Waals surface area contributed by atoms with Gasteiger partial charge in [-0.15, -0.1) is 0 Å². The largest absolute Gasteiger partial charge is 0.453 e. The van der Waals surface area contributed by atoms with Crippen molar-refractivity contribution in [2.75, 3.05) is 27.3 Å². The molecule has 4 aromatic heterocycles. The minimum absolute atomic E-state index is 0.0830. The quantitative estimate of drug-likeness (QED) is 0.0913. The number of methoxy groups -OCH3 is 2. The van der Waals surface area contributed by atoms with Crippen LogP contribution in [-0.2, 0) is 42.7 Å². The van der Waals surface area contributed by atoms with E-state index in [4.69, 9.17) is 29.4 Å². The van der Waals surface area contributed by atoms with Gasteiger partial charge < -0.3 is 39.9 Å². The molecule has 2 aliphatic carbocycles. The molecule has 2 fully saturated rings. The number of nitrogens with zero attached hydrogens (tertiary/aromatic N) is 6. The van der Waals surface area contributed by atoms with Crippen LogP contribution in [-0.4, -0.2) is 91.0 Å². The van der Waals surface area contributed by atoms with Gasteiger partial charge in [0, 0.05) is 36.6 Å². The molecule has 2 unspecified atom stereocenters. The van der Waals surface area contributed by atoms with E-state index in [1.54, 1.807) is 22.2 Å². The van der Waals surface area contributed by atoms with Crippen LogP contribution in [0.15, 0.2) is 110 Å². The lowest BCUT2D eigenvalue weighted by atomic mass is 9.74. The highest BCUT2D eigenvalue weighted by Gasteiger charge is 2.44. The summed E-state index contributed by atoms with van der Waals surface area (Å²) >= 11 is 0. The van der Waals surface area contributed by atoms with Crippen LogP contribution in [0.1, 0.15) is 135 Å². The highest BCUT2D eigenvalue weighted by molar-refractivity contribution is 5.90. The monoisotopic (exact) mass is 1020 g/mol. The van der Waals surface area contributed by atoms with Gasteiger partial charge in [-0.3, -0.25) is 19.6 Å². The van der Waals surface area contributed by atoms with Gasteiger partial charge >= 0.3 is 12.2 Å². The second-order valence-corrected chi connectivity index (χ2v) is 21.8. The molecule has 0 bridgehead atoms. The van der Waals surface area contributed by atoms with E-state index >= 15 is 0 Å². The van der Waals surface area contributed by atoms with Crippen LogP contribution in [0.5, 0.6) is 0 Å². The number of likely N-dealkylation sites (tertiary alicyclic amines) is 2. The molecule has 2 saturated heterocycles. The third-order valence-electron chi connectivity index (χ3n) is 16.3. The Morgan fingerprint density at radius 3 is 1.34 bits per heavy atom. The van der Waals surface area contributed by atoms with Crippen molar-refractivity contribution < 1.29 is 28.7 Å². The molecule has 11 rings (SSSR count). The van der Waals surface area contributed by atoms with Crippen LogP contribution in [0.3, 0.4) is 0 Å². The minimum Gasteiger partial charge on any atom is -0.453 e. The molecule has 0 spiro atoms. The molecule has 0 radical (unpaired) electrons. The van der Waals surface area contributed by atoms with Gasteiger partial charge in [0.25, 0.3) is 11.8 Å². The van der Waals surface area contributed by atoms with Crippen molar-refractivity contribution in [3.8, 4) is 45.0 Å². The number of benzene rings is 3. The summed E-state index contributed by atoms with van der Waals surface area (Å²) in [5.74, 6) is 0.919. The number of alkyl carbamates (subject to hydrolysis) is 2. The van der Waals surface area contributed by atoms with Gasteiger partial charge in [-0.2, -0.15) is 0 Å². The summed E-state index contributed by atoms with van der Waals surface area (Å²) in [6.45, 7) is 10.5. The molecule has 6 heterocycles. The first-order chi connectivity index (χ1) is 36.7. The number of aromatic amines is 2. The Morgan fingerprint density at radius 1 is 0.566 bits per heavy atom. The van der Waals surface area contributed by atoms with Crippen molar-refractivity contribution in [3.63, 3.8) is 0 Å². The summed E-state index contributed by atoms with van der Waals surface area (Å²) < 4.78 is 9.78. The molecule has 4 aliphatic rings. The molecule has 390 valence electrons. The van der Waals surface area contributed by atoms with Crippen LogP contribution >= 0.6 is 0 Å². The maximum absolute atomic E-state index is 14.2. The third-order valence-corrected chi connectivity index (χ3v) is 16.3. The van der Waals surface area contributed by atoms with E-state index in [2.05, 4.69) is 72.6 Å². The van der Waals surface area contributed by atoms with Gasteiger partial charge in [-0.1, -0.05) is 100 Å². The second kappa shape index (κ2) is 20.2. The molecule has 4 N–H and O–H groups in total. The van der Waals surface area contributed by atoms with Crippen LogP contribution in [0, 0.1) is 0 Å². The lowest BCUT2D eigenvalue weighted by Gasteiger charge is -2.30. The summed E-state index contributed by atoms with van der Waals surface area (Å²) in [5.41, 5.74) is 14.5. The number of hydrogen-bond donors (Lipinski definition) is 4. The van der Waals surface area contributed by atoms with Gasteiger partial charge in [0.2, 0.25) is 0 Å². The highest BCUT2D eigenvalue weighted by atomic mass is 16.5. The molecule has 7 aromatic rings. The molecule has 76 heavy (non-hydrogen) atoms. The van der Waals surface area contributed by atoms with E-state index in [9.17, 15) is 19.2 Å². The van der Waals surface area contributed by atoms with Crippen molar-refractivity contribution in [3.05, 3.63) is 155 Å². The Balaban J connectivity index is 0.861. The zero-order valence-electron chi connectivity index (χ0n) is 43.9. The summed E-state index contributed by atoms with van der Waals surface area (Å²) in [6, 6.07) is 24.6. The molecule has 16 nitrogen and oxygen atoms in total. The van der Waals surface area contributed by atoms with Crippen LogP contribution in [0.25, 0.3) is 45.0 Å². The maximum Gasteiger partial charge on any atom is 0.407 e. The lowest BCUT2D eigenvalue weighted by molar-refractivity contribution is -0.135. The summed E-state index contributed by atoms with van der Waals surface area (Å²) in [7, 11) is 2.58. The average molecular weight is 1020 g/mol. The predicted molar refractivity (Wildman–Crippen MR) is 288 cm³/mol. The first-order valence-corrected chi connectivity index (χ1v) is 26.4. The average Bonchev–Trinajstić information content (AvgIpc) is 4.38. The van der Waals surface area contributed by atoms with Gasteiger partial charge in [0.1, 0.15) is 23.7 Å². The van der Waals surface area contributed by atoms with Crippen LogP contribution in [0.4, 0.5) is 9.59 Å². The van der Waals surface area contributed by atoms with E-state index in [1.807, 2.05) is 73.1 Å². The Bertz CT molecular complexity index is 3090. The normalized spacial score (nSPS) is 18.9. The predicted octanol–water partition coefficient (Wildman–Crippen LogP) is 10.6. The zero-order chi connectivity index (χ0) is 52.9. The number of nitrogens with one attached hydrogen (secondary N) is 4. The number of H-pyrrole nitrogens is 2. The molecule has 3 aromatic carbocycles. The number of rotatable bonds is 12. The van der Waals surface area contributed by atoms with Crippen molar-refractivity contribution >= 4 is 24.0 Å². The molecule has 4 amide bonds. The number of hydrogen-bond acceptors (Lipinski definition) is 10. The fourth-order valence-corrected chi connectivity index (χ4v) is 12.5. The lowest BCUT2D eigenvalue weighted by Crippen LogP contribution is -2.42. The Labute approximate surface area is 442 Å². The maximum atomic E-state index is 14.2. The third kappa shape index (κ3) is 9.17. The molecular formula is C60H64N10O6. The highest BCUT2D eigenvalue weighted by Crippen LogP contribution is 2.56. The standard InChI is InChI=1S/C60H64N10O6/c1-59(2)27-25-39-48(38-22-24-42(62-32-38)44-34-64-54(66-44)46-20-14-30-70(46)56(72)52(68-58(74)76-6)36-17-11-8-12-18-36)50-40(26-28-60(50,3)4)47(49(39)59)37-21-23-41(61-31-37)43-33-63-53(65-43)45-19-13-29-69(45)55(71)51(67-57(73)75-5)35-15-9-7-10-16-35/h7-12,15-18,21-24,31-34,45-46,51-52H,13-14,19-20,25-30H2,1-6H3,(H,63,65)(H,64,66)(H,67,73)(H,68,74)/t45-,46-,51?,52?/m0/s1. The number of pyridine rings is 2. The number of imidazole rings is 2. The van der Waals surface area contributed by atoms with Crippen LogP contribution < -0.4 is 10.6 Å². The summed E-state index contributed by atoms with van der Waals surface area (Å²) in [6.07, 6.45) is 13.3. The molecule has 4 atom stereocenters. The Hall–Kier alpha value is -8.14. The fraction of sp³-hybridized carbons (Fsp3) is 0.367. The van der Waals surface area contributed by atoms with Gasteiger partial charge in [0.05, 0.1) is 61.5 Å². The summed E-state index contributed by atoms with van der Waals surface area (Å²) in [5, 5.41) is 5.49. The molecule has 0 saturated carbocycles. The topological polar surface area (TPSA) is 200 Å². The van der Waals surface area contributed by atoms with Crippen molar-refractivity contribution in [2.24, 2.45) is 0 Å². The van der Waals surface area contributed by atoms with E-state index in [-0.39, 0.29) is 34.7 Å². The summed E-state index contributed by atoms with van der Waals surface area (Å²) in [4.78, 5) is 83.5.